The van der Waals surface area contributed by atoms with Crippen LogP contribution < -0.4 is 9.80 Å². The summed E-state index contributed by atoms with van der Waals surface area (Å²) in [5, 5.41) is 8.07. The monoisotopic (exact) mass is 490 g/mol. The average molecular weight is 491 g/mol. The minimum atomic E-state index is 1.30. The quantitative estimate of drug-likeness (QED) is 0.243. The number of nitrogens with zero attached hydrogens (tertiary/aromatic N) is 2. The van der Waals surface area contributed by atoms with E-state index in [0.717, 1.165) is 0 Å². The summed E-state index contributed by atoms with van der Waals surface area (Å²) in [4.78, 5) is 6.99. The molecule has 0 spiro atoms. The molecule has 0 fully saturated rings. The van der Waals surface area contributed by atoms with E-state index in [0.29, 0.717) is 0 Å². The third-order valence-corrected chi connectivity index (χ3v) is 10.4. The van der Waals surface area contributed by atoms with Crippen LogP contribution in [0.3, 0.4) is 0 Å². The van der Waals surface area contributed by atoms with Crippen molar-refractivity contribution in [2.45, 2.75) is 0 Å². The van der Waals surface area contributed by atoms with Gasteiger partial charge in [-0.05, 0) is 60.7 Å². The van der Waals surface area contributed by atoms with Crippen LogP contribution in [0, 0.1) is 0 Å². The van der Waals surface area contributed by atoms with Crippen LogP contribution in [-0.4, -0.2) is 28.2 Å². The van der Waals surface area contributed by atoms with Gasteiger partial charge in [0.25, 0.3) is 0 Å². The molecule has 6 heteroatoms. The molecule has 0 saturated heterocycles. The number of benzene rings is 2. The van der Waals surface area contributed by atoms with Gasteiger partial charge in [0.15, 0.2) is 0 Å². The molecule has 0 atom stereocenters. The Bertz CT molecular complexity index is 1520. The molecule has 2 nitrogen and oxygen atoms in total. The third-order valence-electron chi connectivity index (χ3n) is 5.70. The number of fused-ring (bicyclic) bond motifs is 6. The molecule has 4 heterocycles. The van der Waals surface area contributed by atoms with Gasteiger partial charge in [-0.25, -0.2) is 0 Å². The maximum Gasteiger partial charge on any atom is 0.0916 e. The van der Waals surface area contributed by atoms with Crippen molar-refractivity contribution in [2.24, 2.45) is 0 Å². The minimum absolute atomic E-state index is 1.30. The fourth-order valence-corrected chi connectivity index (χ4v) is 8.00. The normalized spacial score (nSPS) is 12.2. The molecule has 4 aromatic heterocycles. The first kappa shape index (κ1) is 20.2. The molecule has 2 aromatic carbocycles. The number of anilines is 2. The molecule has 6 aromatic rings. The van der Waals surface area contributed by atoms with Crippen LogP contribution in [-0.2, 0) is 0 Å². The average Bonchev–Trinajstić information content (AvgIpc) is 3.53. The second kappa shape index (κ2) is 7.59. The van der Waals surface area contributed by atoms with E-state index in [1.807, 2.05) is 45.3 Å². The van der Waals surface area contributed by atoms with Crippen LogP contribution in [0.15, 0.2) is 48.5 Å². The van der Waals surface area contributed by atoms with Crippen LogP contribution in [0.4, 0.5) is 10.0 Å². The van der Waals surface area contributed by atoms with Gasteiger partial charge in [0, 0.05) is 78.3 Å². The first-order chi connectivity index (χ1) is 15.5. The summed E-state index contributed by atoms with van der Waals surface area (Å²) in [5.41, 5.74) is 0. The maximum atomic E-state index is 2.35. The van der Waals surface area contributed by atoms with Crippen molar-refractivity contribution in [2.75, 3.05) is 38.0 Å². The van der Waals surface area contributed by atoms with Crippen LogP contribution >= 0.6 is 45.3 Å². The Labute approximate surface area is 203 Å². The molecule has 0 saturated carbocycles. The molecule has 0 amide bonds. The fourth-order valence-electron chi connectivity index (χ4n) is 4.04. The summed E-state index contributed by atoms with van der Waals surface area (Å²) in [6.45, 7) is 0. The van der Waals surface area contributed by atoms with Gasteiger partial charge in [0.1, 0.15) is 0 Å². The molecule has 0 aliphatic carbocycles. The maximum absolute atomic E-state index is 2.35. The van der Waals surface area contributed by atoms with E-state index in [2.05, 4.69) is 98.7 Å². The number of hydrogen-bond donors (Lipinski definition) is 0. The summed E-state index contributed by atoms with van der Waals surface area (Å²) >= 11 is 7.46. The fraction of sp³-hybridized carbons (Fsp3) is 0.154. The van der Waals surface area contributed by atoms with Gasteiger partial charge in [-0.1, -0.05) is 0 Å². The summed E-state index contributed by atoms with van der Waals surface area (Å²) in [6.07, 6.45) is 4.55. The van der Waals surface area contributed by atoms with Crippen LogP contribution in [0.25, 0.3) is 52.5 Å². The SMILES string of the molecule is CN(C)c1cc2c(ccc3sc(C=Cc4cc5c(ccc6sc(N(C)C)cc65)s4)cc32)s1. The Morgan fingerprint density at radius 1 is 0.500 bits per heavy atom. The second-order valence-electron chi connectivity index (χ2n) is 8.37. The predicted molar refractivity (Wildman–Crippen MR) is 152 cm³/mol. The predicted octanol–water partition coefficient (Wildman–Crippen LogP) is 8.85. The third kappa shape index (κ3) is 3.33. The summed E-state index contributed by atoms with van der Waals surface area (Å²) in [6, 6.07) is 18.4. The molecule has 0 aliphatic heterocycles. The van der Waals surface area contributed by atoms with Crippen LogP contribution in [0.2, 0.25) is 0 Å². The standard InChI is InChI=1S/C26H22N2S4/c1-27(2)25-13-19-17-11-15(29-21(17)7-9-23(19)31-25)5-6-16-12-18-20-14-26(28(3)4)32-24(20)10-8-22(18)30-16/h5-14H,1-4H3. The summed E-state index contributed by atoms with van der Waals surface area (Å²) < 4.78 is 5.42. The number of hydrogen-bond acceptors (Lipinski definition) is 6. The molecule has 160 valence electrons. The summed E-state index contributed by atoms with van der Waals surface area (Å²) in [7, 11) is 8.44. The smallest absolute Gasteiger partial charge is 0.0916 e. The highest BCUT2D eigenvalue weighted by molar-refractivity contribution is 7.24. The lowest BCUT2D eigenvalue weighted by Gasteiger charge is -2.06. The Balaban J connectivity index is 1.38. The van der Waals surface area contributed by atoms with Gasteiger partial charge in [-0.2, -0.15) is 0 Å². The van der Waals surface area contributed by atoms with Crippen molar-refractivity contribution in [3.63, 3.8) is 0 Å². The molecule has 0 bridgehead atoms. The molecule has 0 N–H and O–H groups in total. The first-order valence-electron chi connectivity index (χ1n) is 10.4. The molecule has 6 rings (SSSR count). The van der Waals surface area contributed by atoms with Crippen molar-refractivity contribution >= 4 is 108 Å². The van der Waals surface area contributed by atoms with Crippen LogP contribution in [0.5, 0.6) is 0 Å². The summed E-state index contributed by atoms with van der Waals surface area (Å²) in [5.74, 6) is 0. The zero-order chi connectivity index (χ0) is 22.0. The van der Waals surface area contributed by atoms with Gasteiger partial charge >= 0.3 is 0 Å². The molecule has 0 unspecified atom stereocenters. The lowest BCUT2D eigenvalue weighted by Crippen LogP contribution is -2.05. The first-order valence-corrected chi connectivity index (χ1v) is 13.7. The van der Waals surface area contributed by atoms with Crippen molar-refractivity contribution in [3.8, 4) is 0 Å². The van der Waals surface area contributed by atoms with Crippen molar-refractivity contribution < 1.29 is 0 Å². The van der Waals surface area contributed by atoms with E-state index in [1.54, 1.807) is 0 Å². The van der Waals surface area contributed by atoms with E-state index in [4.69, 9.17) is 0 Å². The van der Waals surface area contributed by atoms with Crippen LogP contribution in [0.1, 0.15) is 9.75 Å². The van der Waals surface area contributed by atoms with Crippen molar-refractivity contribution in [1.82, 2.24) is 0 Å². The largest absolute Gasteiger partial charge is 0.370 e. The second-order valence-corrected chi connectivity index (χ2v) is 12.7. The molecular formula is C26H22N2S4. The van der Waals surface area contributed by atoms with Gasteiger partial charge in [-0.15, -0.1) is 45.3 Å². The van der Waals surface area contributed by atoms with Gasteiger partial charge in [-0.3, -0.25) is 0 Å². The Kier molecular flexibility index (Phi) is 4.80. The van der Waals surface area contributed by atoms with E-state index < -0.39 is 0 Å². The van der Waals surface area contributed by atoms with E-state index in [9.17, 15) is 0 Å². The molecule has 0 aliphatic rings. The Morgan fingerprint density at radius 3 is 1.22 bits per heavy atom. The van der Waals surface area contributed by atoms with Gasteiger partial charge < -0.3 is 9.80 Å². The highest BCUT2D eigenvalue weighted by atomic mass is 32.1. The lowest BCUT2D eigenvalue weighted by atomic mass is 10.1. The highest BCUT2D eigenvalue weighted by Crippen LogP contribution is 2.41. The number of thiophene rings is 4. The van der Waals surface area contributed by atoms with E-state index in [-0.39, 0.29) is 0 Å². The Hall–Kier alpha value is -2.38. The van der Waals surface area contributed by atoms with E-state index in [1.165, 1.54) is 60.1 Å². The van der Waals surface area contributed by atoms with E-state index >= 15 is 0 Å². The molecular weight excluding hydrogens is 469 g/mol. The number of rotatable bonds is 4. The van der Waals surface area contributed by atoms with Crippen molar-refractivity contribution in [3.05, 3.63) is 58.3 Å². The van der Waals surface area contributed by atoms with Gasteiger partial charge in [0.2, 0.25) is 0 Å². The molecule has 32 heavy (non-hydrogen) atoms. The van der Waals surface area contributed by atoms with Crippen molar-refractivity contribution in [1.29, 1.82) is 0 Å². The van der Waals surface area contributed by atoms with Gasteiger partial charge in [0.05, 0.1) is 10.0 Å². The zero-order valence-electron chi connectivity index (χ0n) is 18.3. The molecule has 0 radical (unpaired) electrons. The zero-order valence-corrected chi connectivity index (χ0v) is 21.6. The lowest BCUT2D eigenvalue weighted by molar-refractivity contribution is 1.16. The minimum Gasteiger partial charge on any atom is -0.370 e. The Morgan fingerprint density at radius 2 is 0.844 bits per heavy atom. The highest BCUT2D eigenvalue weighted by Gasteiger charge is 2.11. The topological polar surface area (TPSA) is 6.48 Å².